The first-order chi connectivity index (χ1) is 15.6. The first kappa shape index (κ1) is 25.8. The van der Waals surface area contributed by atoms with Gasteiger partial charge < -0.3 is 14.5 Å². The van der Waals surface area contributed by atoms with E-state index in [1.54, 1.807) is 52.3 Å². The maximum atomic E-state index is 13.2. The number of benzene rings is 1. The molecule has 0 saturated carbocycles. The SMILES string of the molecule is COc1cc(CN2CCN(C(=O)OC(C)(C)C)S2(=O)=O)c(-c2ccc[nH]c2=O)cc1C(C)(C)C. The van der Waals surface area contributed by atoms with E-state index in [1.807, 2.05) is 26.8 Å². The Balaban J connectivity index is 2.07. The van der Waals surface area contributed by atoms with Crippen LogP contribution in [0.2, 0.25) is 0 Å². The van der Waals surface area contributed by atoms with Crippen molar-refractivity contribution in [2.75, 3.05) is 20.2 Å². The molecule has 34 heavy (non-hydrogen) atoms. The van der Waals surface area contributed by atoms with Crippen molar-refractivity contribution in [3.8, 4) is 16.9 Å². The number of ether oxygens (including phenoxy) is 2. The van der Waals surface area contributed by atoms with Gasteiger partial charge in [0, 0.05) is 30.4 Å². The highest BCUT2D eigenvalue weighted by atomic mass is 32.2. The number of rotatable bonds is 4. The number of H-pyrrole nitrogens is 1. The Labute approximate surface area is 200 Å². The number of hydrogen-bond acceptors (Lipinski definition) is 6. The Kier molecular flexibility index (Phi) is 6.87. The molecule has 0 radical (unpaired) electrons. The average molecular weight is 492 g/mol. The van der Waals surface area contributed by atoms with Gasteiger partial charge in [0.05, 0.1) is 13.7 Å². The number of carbonyl (C=O) groups excluding carboxylic acids is 1. The number of nitrogens with zero attached hydrogens (tertiary/aromatic N) is 2. The smallest absolute Gasteiger partial charge is 0.425 e. The molecule has 1 aromatic carbocycles. The summed E-state index contributed by atoms with van der Waals surface area (Å²) in [5, 5.41) is 0. The van der Waals surface area contributed by atoms with Crippen LogP contribution in [-0.4, -0.2) is 53.9 Å². The predicted molar refractivity (Wildman–Crippen MR) is 130 cm³/mol. The second-order valence-electron chi connectivity index (χ2n) is 10.3. The zero-order chi connectivity index (χ0) is 25.5. The Morgan fingerprint density at radius 3 is 2.32 bits per heavy atom. The van der Waals surface area contributed by atoms with Crippen LogP contribution in [0.3, 0.4) is 0 Å². The third-order valence-electron chi connectivity index (χ3n) is 5.44. The van der Waals surface area contributed by atoms with E-state index >= 15 is 0 Å². The molecule has 0 spiro atoms. The molecule has 0 atom stereocenters. The Bertz CT molecular complexity index is 1240. The van der Waals surface area contributed by atoms with Gasteiger partial charge in [-0.1, -0.05) is 20.8 Å². The van der Waals surface area contributed by atoms with E-state index in [4.69, 9.17) is 9.47 Å². The highest BCUT2D eigenvalue weighted by Gasteiger charge is 2.42. The summed E-state index contributed by atoms with van der Waals surface area (Å²) in [6.45, 7) is 11.2. The summed E-state index contributed by atoms with van der Waals surface area (Å²) in [5.41, 5.74) is 1.12. The van der Waals surface area contributed by atoms with Gasteiger partial charge in [-0.2, -0.15) is 17.0 Å². The van der Waals surface area contributed by atoms with Gasteiger partial charge in [-0.3, -0.25) is 4.79 Å². The molecule has 1 aromatic heterocycles. The fraction of sp³-hybridized carbons (Fsp3) is 0.500. The number of methoxy groups -OCH3 is 1. The third kappa shape index (κ3) is 5.28. The molecule has 10 heteroatoms. The number of pyridine rings is 1. The molecule has 1 saturated heterocycles. The van der Waals surface area contributed by atoms with E-state index in [0.717, 1.165) is 9.87 Å². The average Bonchev–Trinajstić information content (AvgIpc) is 3.00. The highest BCUT2D eigenvalue weighted by molar-refractivity contribution is 7.87. The van der Waals surface area contributed by atoms with Gasteiger partial charge in [0.1, 0.15) is 11.4 Å². The minimum atomic E-state index is -4.10. The van der Waals surface area contributed by atoms with Crippen LogP contribution in [0.25, 0.3) is 11.1 Å². The van der Waals surface area contributed by atoms with Crippen molar-refractivity contribution in [3.63, 3.8) is 0 Å². The van der Waals surface area contributed by atoms with Crippen LogP contribution < -0.4 is 10.3 Å². The second-order valence-corrected chi connectivity index (χ2v) is 12.1. The fourth-order valence-electron chi connectivity index (χ4n) is 3.81. The van der Waals surface area contributed by atoms with Crippen molar-refractivity contribution < 1.29 is 22.7 Å². The summed E-state index contributed by atoms with van der Waals surface area (Å²) in [7, 11) is -2.54. The zero-order valence-corrected chi connectivity index (χ0v) is 21.6. The maximum Gasteiger partial charge on any atom is 0.425 e. The molecule has 0 unspecified atom stereocenters. The molecular weight excluding hydrogens is 458 g/mol. The molecule has 1 amide bonds. The summed E-state index contributed by atoms with van der Waals surface area (Å²) in [4.78, 5) is 27.8. The quantitative estimate of drug-likeness (QED) is 0.699. The molecule has 1 fully saturated rings. The van der Waals surface area contributed by atoms with Crippen LogP contribution in [0.15, 0.2) is 35.3 Å². The van der Waals surface area contributed by atoms with Crippen molar-refractivity contribution >= 4 is 16.3 Å². The third-order valence-corrected chi connectivity index (χ3v) is 7.30. The molecule has 1 N–H and O–H groups in total. The van der Waals surface area contributed by atoms with Crippen LogP contribution >= 0.6 is 0 Å². The van der Waals surface area contributed by atoms with Crippen molar-refractivity contribution in [2.45, 2.75) is 59.1 Å². The highest BCUT2D eigenvalue weighted by Crippen LogP contribution is 2.38. The van der Waals surface area contributed by atoms with Crippen LogP contribution in [0.4, 0.5) is 4.79 Å². The van der Waals surface area contributed by atoms with Gasteiger partial charge in [0.2, 0.25) is 0 Å². The monoisotopic (exact) mass is 491 g/mol. The number of aromatic amines is 1. The first-order valence-electron chi connectivity index (χ1n) is 11.1. The van der Waals surface area contributed by atoms with E-state index in [0.29, 0.717) is 22.4 Å². The second kappa shape index (κ2) is 9.07. The molecule has 2 aromatic rings. The number of hydrogen-bond donors (Lipinski definition) is 1. The topological polar surface area (TPSA) is 109 Å². The standard InChI is InChI=1S/C24H33N3O6S/c1-23(2,3)19-14-18(17-9-8-10-25-21(17)28)16(13-20(19)32-7)15-26-11-12-27(34(26,30)31)22(29)33-24(4,5)6/h8-10,13-14H,11-12,15H2,1-7H3,(H,25,28). The number of aromatic nitrogens is 1. The normalized spacial score (nSPS) is 16.5. The number of amides is 1. The van der Waals surface area contributed by atoms with Crippen molar-refractivity contribution in [3.05, 3.63) is 51.9 Å². The van der Waals surface area contributed by atoms with Gasteiger partial charge in [-0.15, -0.1) is 0 Å². The minimum absolute atomic E-state index is 0.0181. The molecule has 0 aliphatic carbocycles. The lowest BCUT2D eigenvalue weighted by Gasteiger charge is -2.26. The van der Waals surface area contributed by atoms with Crippen molar-refractivity contribution in [2.24, 2.45) is 0 Å². The summed E-state index contributed by atoms with van der Waals surface area (Å²) >= 11 is 0. The van der Waals surface area contributed by atoms with Crippen LogP contribution in [0.5, 0.6) is 5.75 Å². The molecule has 3 rings (SSSR count). The van der Waals surface area contributed by atoms with Gasteiger partial charge in [0.15, 0.2) is 0 Å². The van der Waals surface area contributed by atoms with Gasteiger partial charge in [-0.05, 0) is 61.6 Å². The predicted octanol–water partition coefficient (Wildman–Crippen LogP) is 3.65. The lowest BCUT2D eigenvalue weighted by Crippen LogP contribution is -2.40. The van der Waals surface area contributed by atoms with E-state index in [9.17, 15) is 18.0 Å². The van der Waals surface area contributed by atoms with Crippen molar-refractivity contribution in [1.29, 1.82) is 0 Å². The summed E-state index contributed by atoms with van der Waals surface area (Å²) < 4.78 is 39.2. The Hall–Kier alpha value is -2.85. The molecule has 9 nitrogen and oxygen atoms in total. The molecule has 2 heterocycles. The zero-order valence-electron chi connectivity index (χ0n) is 20.8. The molecular formula is C24H33N3O6S. The lowest BCUT2D eigenvalue weighted by molar-refractivity contribution is 0.0405. The van der Waals surface area contributed by atoms with E-state index in [1.165, 1.54) is 4.31 Å². The fourth-order valence-corrected chi connectivity index (χ4v) is 5.24. The number of nitrogens with one attached hydrogen (secondary N) is 1. The van der Waals surface area contributed by atoms with Gasteiger partial charge in [0.25, 0.3) is 5.56 Å². The minimum Gasteiger partial charge on any atom is -0.496 e. The Morgan fingerprint density at radius 2 is 1.76 bits per heavy atom. The summed E-state index contributed by atoms with van der Waals surface area (Å²) in [6, 6.07) is 7.07. The molecule has 186 valence electrons. The summed E-state index contributed by atoms with van der Waals surface area (Å²) in [6.07, 6.45) is 0.638. The lowest BCUT2D eigenvalue weighted by atomic mass is 9.83. The van der Waals surface area contributed by atoms with Crippen LogP contribution in [-0.2, 0) is 26.9 Å². The molecule has 0 bridgehead atoms. The van der Waals surface area contributed by atoms with Crippen LogP contribution in [0.1, 0.15) is 52.7 Å². The number of carbonyl (C=O) groups is 1. The van der Waals surface area contributed by atoms with Crippen molar-refractivity contribution in [1.82, 2.24) is 13.6 Å². The van der Waals surface area contributed by atoms with Crippen LogP contribution in [0, 0.1) is 0 Å². The van der Waals surface area contributed by atoms with Gasteiger partial charge >= 0.3 is 16.3 Å². The molecule has 1 aliphatic rings. The Morgan fingerprint density at radius 1 is 1.09 bits per heavy atom. The first-order valence-corrected chi connectivity index (χ1v) is 12.4. The van der Waals surface area contributed by atoms with Gasteiger partial charge in [-0.25, -0.2) is 4.79 Å². The van der Waals surface area contributed by atoms with E-state index in [2.05, 4.69) is 4.98 Å². The van der Waals surface area contributed by atoms with E-state index < -0.39 is 21.9 Å². The summed E-state index contributed by atoms with van der Waals surface area (Å²) in [5.74, 6) is 0.596. The van der Waals surface area contributed by atoms with E-state index in [-0.39, 0.29) is 30.6 Å². The molecule has 1 aliphatic heterocycles. The maximum absolute atomic E-state index is 13.2. The largest absolute Gasteiger partial charge is 0.496 e.